The molecule has 0 saturated heterocycles. The molecular weight excluding hydrogens is 288 g/mol. The summed E-state index contributed by atoms with van der Waals surface area (Å²) in [4.78, 5) is 15.5. The summed E-state index contributed by atoms with van der Waals surface area (Å²) in [6.07, 6.45) is 3.58. The summed E-state index contributed by atoms with van der Waals surface area (Å²) in [5, 5.41) is 14.5. The number of fused-ring (bicyclic) bond motifs is 1. The molecule has 6 nitrogen and oxygen atoms in total. The normalized spacial score (nSPS) is 13.9. The molecule has 2 rings (SSSR count). The van der Waals surface area contributed by atoms with Crippen molar-refractivity contribution < 1.29 is 9.53 Å². The molecule has 0 unspecified atom stereocenters. The fourth-order valence-electron chi connectivity index (χ4n) is 1.50. The van der Waals surface area contributed by atoms with Gasteiger partial charge in [0, 0.05) is 0 Å². The lowest BCUT2D eigenvalue weighted by molar-refractivity contribution is -0.118. The van der Waals surface area contributed by atoms with Gasteiger partial charge in [-0.15, -0.1) is 0 Å². The number of anilines is 1. The van der Waals surface area contributed by atoms with Gasteiger partial charge in [-0.1, -0.05) is 23.4 Å². The standard InChI is InChI=1S/C11H9ClN4O2S/c1-19-11(14-5-13)15-6-2-7(12)10-8(3-6)16-9(17)4-18-10/h2-3H,4H2,1H3,(H,14,15)(H,16,17). The van der Waals surface area contributed by atoms with E-state index in [9.17, 15) is 4.79 Å². The summed E-state index contributed by atoms with van der Waals surface area (Å²) >= 11 is 7.35. The van der Waals surface area contributed by atoms with Crippen molar-refractivity contribution in [2.45, 2.75) is 0 Å². The third-order valence-corrected chi connectivity index (χ3v) is 3.10. The van der Waals surface area contributed by atoms with Gasteiger partial charge in [0.1, 0.15) is 0 Å². The molecule has 1 aromatic rings. The number of nitriles is 1. The molecule has 0 atom stereocenters. The second kappa shape index (κ2) is 5.82. The zero-order valence-electron chi connectivity index (χ0n) is 9.86. The Labute approximate surface area is 118 Å². The predicted octanol–water partition coefficient (Wildman–Crippen LogP) is 2.09. The molecule has 1 heterocycles. The molecular formula is C11H9ClN4O2S. The van der Waals surface area contributed by atoms with Crippen molar-refractivity contribution in [3.05, 3.63) is 17.2 Å². The minimum absolute atomic E-state index is 0.0542. The van der Waals surface area contributed by atoms with Gasteiger partial charge in [0.15, 0.2) is 23.7 Å². The molecule has 0 bridgehead atoms. The first-order valence-electron chi connectivity index (χ1n) is 5.18. The van der Waals surface area contributed by atoms with E-state index in [2.05, 4.69) is 15.6 Å². The Bertz CT molecular complexity index is 597. The second-order valence-electron chi connectivity index (χ2n) is 3.50. The van der Waals surface area contributed by atoms with Crippen molar-refractivity contribution in [2.24, 2.45) is 4.99 Å². The number of hydrogen-bond acceptors (Lipinski definition) is 5. The van der Waals surface area contributed by atoms with Gasteiger partial charge < -0.3 is 10.1 Å². The van der Waals surface area contributed by atoms with E-state index in [4.69, 9.17) is 21.6 Å². The van der Waals surface area contributed by atoms with Gasteiger partial charge in [0.2, 0.25) is 0 Å². The fourth-order valence-corrected chi connectivity index (χ4v) is 2.11. The first kappa shape index (κ1) is 13.5. The summed E-state index contributed by atoms with van der Waals surface area (Å²) in [6.45, 7) is -0.0542. The van der Waals surface area contributed by atoms with Gasteiger partial charge in [-0.2, -0.15) is 5.26 Å². The molecule has 1 aliphatic rings. The number of carbonyl (C=O) groups is 1. The molecule has 98 valence electrons. The zero-order valence-corrected chi connectivity index (χ0v) is 11.4. The van der Waals surface area contributed by atoms with Crippen LogP contribution in [0.25, 0.3) is 0 Å². The third-order valence-electron chi connectivity index (χ3n) is 2.24. The second-order valence-corrected chi connectivity index (χ2v) is 4.70. The van der Waals surface area contributed by atoms with E-state index in [0.29, 0.717) is 27.3 Å². The Morgan fingerprint density at radius 3 is 3.16 bits per heavy atom. The summed E-state index contributed by atoms with van der Waals surface area (Å²) in [7, 11) is 0. The number of hydrogen-bond donors (Lipinski definition) is 2. The van der Waals surface area contributed by atoms with Crippen LogP contribution in [-0.4, -0.2) is 23.9 Å². The largest absolute Gasteiger partial charge is 0.480 e. The van der Waals surface area contributed by atoms with Crippen molar-refractivity contribution in [1.29, 1.82) is 5.26 Å². The lowest BCUT2D eigenvalue weighted by atomic mass is 10.2. The number of aliphatic imine (C=N–C) groups is 1. The molecule has 19 heavy (non-hydrogen) atoms. The molecule has 0 saturated carbocycles. The maximum atomic E-state index is 11.3. The molecule has 0 radical (unpaired) electrons. The predicted molar refractivity (Wildman–Crippen MR) is 74.9 cm³/mol. The number of benzene rings is 1. The molecule has 0 spiro atoms. The SMILES string of the molecule is CSC(=Nc1cc(Cl)c2c(c1)NC(=O)CO2)NC#N. The Kier molecular flexibility index (Phi) is 4.14. The maximum absolute atomic E-state index is 11.3. The van der Waals surface area contributed by atoms with Crippen LogP contribution in [0, 0.1) is 11.5 Å². The third kappa shape index (κ3) is 3.10. The highest BCUT2D eigenvalue weighted by Crippen LogP contribution is 2.39. The van der Waals surface area contributed by atoms with Crippen LogP contribution in [0.15, 0.2) is 17.1 Å². The maximum Gasteiger partial charge on any atom is 0.262 e. The number of nitrogens with one attached hydrogen (secondary N) is 2. The molecule has 1 aromatic carbocycles. The summed E-state index contributed by atoms with van der Waals surface area (Å²) in [6, 6.07) is 3.24. The lowest BCUT2D eigenvalue weighted by Gasteiger charge is -2.19. The quantitative estimate of drug-likeness (QED) is 0.359. The molecule has 0 aliphatic carbocycles. The topological polar surface area (TPSA) is 86.5 Å². The summed E-state index contributed by atoms with van der Waals surface area (Å²) in [5.74, 6) is 0.184. The van der Waals surface area contributed by atoms with Crippen molar-refractivity contribution in [2.75, 3.05) is 18.2 Å². The van der Waals surface area contributed by atoms with E-state index in [1.54, 1.807) is 24.6 Å². The van der Waals surface area contributed by atoms with Crippen LogP contribution in [0.3, 0.4) is 0 Å². The Balaban J connectivity index is 2.39. The molecule has 0 aromatic heterocycles. The number of carbonyl (C=O) groups excluding carboxylic acids is 1. The van der Waals surface area contributed by atoms with E-state index in [-0.39, 0.29) is 12.5 Å². The first-order valence-corrected chi connectivity index (χ1v) is 6.78. The number of ether oxygens (including phenoxy) is 1. The van der Waals surface area contributed by atoms with Gasteiger partial charge in [-0.05, 0) is 18.4 Å². The first-order chi connectivity index (χ1) is 9.13. The fraction of sp³-hybridized carbons (Fsp3) is 0.182. The van der Waals surface area contributed by atoms with Gasteiger partial charge in [0.05, 0.1) is 16.4 Å². The van der Waals surface area contributed by atoms with Crippen molar-refractivity contribution in [3.8, 4) is 11.9 Å². The molecule has 0 fully saturated rings. The van der Waals surface area contributed by atoms with E-state index in [0.717, 1.165) is 0 Å². The minimum atomic E-state index is -0.245. The van der Waals surface area contributed by atoms with Crippen LogP contribution in [0.2, 0.25) is 5.02 Å². The van der Waals surface area contributed by atoms with Crippen LogP contribution in [0.5, 0.6) is 5.75 Å². The molecule has 1 aliphatic heterocycles. The van der Waals surface area contributed by atoms with Gasteiger partial charge >= 0.3 is 0 Å². The lowest BCUT2D eigenvalue weighted by Crippen LogP contribution is -2.25. The number of halogens is 1. The number of rotatable bonds is 1. The molecule has 8 heteroatoms. The van der Waals surface area contributed by atoms with E-state index in [1.807, 2.05) is 0 Å². The Hall–Kier alpha value is -1.91. The smallest absolute Gasteiger partial charge is 0.262 e. The Morgan fingerprint density at radius 1 is 1.68 bits per heavy atom. The van der Waals surface area contributed by atoms with Crippen LogP contribution in [0.4, 0.5) is 11.4 Å². The van der Waals surface area contributed by atoms with Crippen molar-refractivity contribution in [1.82, 2.24) is 5.32 Å². The van der Waals surface area contributed by atoms with Crippen LogP contribution >= 0.6 is 23.4 Å². The van der Waals surface area contributed by atoms with E-state index < -0.39 is 0 Å². The number of thioether (sulfide) groups is 1. The van der Waals surface area contributed by atoms with Crippen molar-refractivity contribution >= 4 is 45.8 Å². The summed E-state index contributed by atoms with van der Waals surface area (Å²) < 4.78 is 5.23. The minimum Gasteiger partial charge on any atom is -0.480 e. The zero-order chi connectivity index (χ0) is 13.8. The molecule has 1 amide bonds. The highest BCUT2D eigenvalue weighted by Gasteiger charge is 2.19. The molecule has 2 N–H and O–H groups in total. The summed E-state index contributed by atoms with van der Waals surface area (Å²) in [5.41, 5.74) is 0.988. The van der Waals surface area contributed by atoms with E-state index in [1.165, 1.54) is 11.8 Å². The van der Waals surface area contributed by atoms with Crippen LogP contribution in [0.1, 0.15) is 0 Å². The monoisotopic (exact) mass is 296 g/mol. The highest BCUT2D eigenvalue weighted by atomic mass is 35.5. The van der Waals surface area contributed by atoms with Crippen molar-refractivity contribution in [3.63, 3.8) is 0 Å². The average Bonchev–Trinajstić information content (AvgIpc) is 2.37. The van der Waals surface area contributed by atoms with Gasteiger partial charge in [0.25, 0.3) is 5.91 Å². The average molecular weight is 297 g/mol. The van der Waals surface area contributed by atoms with Gasteiger partial charge in [-0.25, -0.2) is 4.99 Å². The number of amides is 1. The number of amidine groups is 1. The van der Waals surface area contributed by atoms with Crippen LogP contribution < -0.4 is 15.4 Å². The Morgan fingerprint density at radius 2 is 2.47 bits per heavy atom. The highest BCUT2D eigenvalue weighted by molar-refractivity contribution is 8.13. The van der Waals surface area contributed by atoms with Crippen LogP contribution in [-0.2, 0) is 4.79 Å². The van der Waals surface area contributed by atoms with Gasteiger partial charge in [-0.3, -0.25) is 10.1 Å². The number of nitrogens with zero attached hydrogens (tertiary/aromatic N) is 2. The van der Waals surface area contributed by atoms with E-state index >= 15 is 0 Å².